The maximum absolute atomic E-state index is 13.9. The number of anilines is 1. The smallest absolute Gasteiger partial charge is 0.191 e. The summed E-state index contributed by atoms with van der Waals surface area (Å²) in [6.45, 7) is 0. The largest absolute Gasteiger partial charge is 0.374 e. The molecule has 114 valence electrons. The number of fused-ring (bicyclic) bond motifs is 1. The fourth-order valence-electron chi connectivity index (χ4n) is 2.34. The average molecular weight is 323 g/mol. The molecule has 0 spiro atoms. The molecule has 0 aliphatic heterocycles. The van der Waals surface area contributed by atoms with E-state index in [0.717, 1.165) is 16.3 Å². The van der Waals surface area contributed by atoms with E-state index in [2.05, 4.69) is 5.10 Å². The van der Waals surface area contributed by atoms with Crippen LogP contribution >= 0.6 is 12.2 Å². The lowest BCUT2D eigenvalue weighted by Gasteiger charge is -2.17. The minimum atomic E-state index is -0.435. The molecule has 0 bridgehead atoms. The lowest BCUT2D eigenvalue weighted by Crippen LogP contribution is -2.31. The maximum atomic E-state index is 13.9. The van der Waals surface area contributed by atoms with Crippen LogP contribution in [0.15, 0.2) is 71.8 Å². The Balaban J connectivity index is 2.02. The van der Waals surface area contributed by atoms with Crippen molar-refractivity contribution in [3.8, 4) is 0 Å². The van der Waals surface area contributed by atoms with Crippen molar-refractivity contribution >= 4 is 40.0 Å². The van der Waals surface area contributed by atoms with Crippen molar-refractivity contribution in [1.82, 2.24) is 0 Å². The predicted octanol–water partition coefficient (Wildman–Crippen LogP) is 4.06. The van der Waals surface area contributed by atoms with Crippen molar-refractivity contribution in [3.05, 3.63) is 78.1 Å². The summed E-state index contributed by atoms with van der Waals surface area (Å²) in [4.78, 5) is 0. The molecule has 3 aromatic carbocycles. The number of thiocarbonyl (C=S) groups is 1. The Morgan fingerprint density at radius 2 is 1.70 bits per heavy atom. The molecular formula is C18H14FN3S. The van der Waals surface area contributed by atoms with E-state index in [4.69, 9.17) is 18.0 Å². The summed E-state index contributed by atoms with van der Waals surface area (Å²) in [7, 11) is 0. The molecule has 0 heterocycles. The van der Waals surface area contributed by atoms with Crippen molar-refractivity contribution < 1.29 is 4.39 Å². The van der Waals surface area contributed by atoms with Crippen molar-refractivity contribution in [2.45, 2.75) is 0 Å². The molecule has 3 aromatic rings. The van der Waals surface area contributed by atoms with E-state index in [1.807, 2.05) is 42.5 Å². The highest BCUT2D eigenvalue weighted by molar-refractivity contribution is 7.80. The second kappa shape index (κ2) is 6.54. The van der Waals surface area contributed by atoms with E-state index in [0.29, 0.717) is 0 Å². The molecule has 0 saturated heterocycles. The van der Waals surface area contributed by atoms with Crippen molar-refractivity contribution in [3.63, 3.8) is 0 Å². The molecule has 5 heteroatoms. The Morgan fingerprint density at radius 3 is 2.48 bits per heavy atom. The lowest BCUT2D eigenvalue weighted by atomic mass is 10.1. The summed E-state index contributed by atoms with van der Waals surface area (Å²) in [5, 5.41) is 7.62. The number of nitrogens with two attached hydrogens (primary N) is 1. The van der Waals surface area contributed by atoms with Crippen LogP contribution in [0.1, 0.15) is 5.56 Å². The number of hydrogen-bond acceptors (Lipinski definition) is 2. The van der Waals surface area contributed by atoms with E-state index >= 15 is 0 Å². The van der Waals surface area contributed by atoms with Gasteiger partial charge in [0.15, 0.2) is 5.11 Å². The van der Waals surface area contributed by atoms with Crippen LogP contribution < -0.4 is 10.7 Å². The van der Waals surface area contributed by atoms with Gasteiger partial charge in [-0.15, -0.1) is 0 Å². The molecule has 0 aromatic heterocycles. The van der Waals surface area contributed by atoms with Crippen LogP contribution in [-0.4, -0.2) is 11.3 Å². The summed E-state index contributed by atoms with van der Waals surface area (Å²) in [6.07, 6.45) is 1.63. The molecule has 3 nitrogen and oxygen atoms in total. The van der Waals surface area contributed by atoms with Crippen LogP contribution in [0, 0.1) is 5.82 Å². The standard InChI is InChI=1S/C18H14FN3S/c19-16-10-3-4-11-17(16)22(18(20)23)21-12-14-8-5-7-13-6-1-2-9-15(13)14/h1-12H,(H2,20,23)/b21-12-. The highest BCUT2D eigenvalue weighted by Crippen LogP contribution is 2.20. The third-order valence-corrected chi connectivity index (χ3v) is 3.60. The van der Waals surface area contributed by atoms with Crippen LogP contribution in [0.2, 0.25) is 0 Å². The number of rotatable bonds is 3. The molecule has 0 saturated carbocycles. The first-order valence-corrected chi connectivity index (χ1v) is 7.43. The van der Waals surface area contributed by atoms with E-state index in [9.17, 15) is 4.39 Å². The van der Waals surface area contributed by atoms with Crippen molar-refractivity contribution in [1.29, 1.82) is 0 Å². The van der Waals surface area contributed by atoms with Gasteiger partial charge in [0, 0.05) is 5.56 Å². The van der Waals surface area contributed by atoms with Crippen molar-refractivity contribution in [2.24, 2.45) is 10.8 Å². The van der Waals surface area contributed by atoms with Crippen LogP contribution in [0.3, 0.4) is 0 Å². The first kappa shape index (κ1) is 15.1. The highest BCUT2D eigenvalue weighted by atomic mass is 32.1. The minimum absolute atomic E-state index is 0.0217. The molecule has 0 fully saturated rings. The Bertz CT molecular complexity index is 887. The zero-order valence-electron chi connectivity index (χ0n) is 12.2. The van der Waals surface area contributed by atoms with Gasteiger partial charge in [-0.25, -0.2) is 9.40 Å². The third kappa shape index (κ3) is 3.19. The zero-order chi connectivity index (χ0) is 16.2. The van der Waals surface area contributed by atoms with Crippen LogP contribution in [0.25, 0.3) is 10.8 Å². The molecule has 0 aliphatic rings. The normalized spacial score (nSPS) is 11.0. The van der Waals surface area contributed by atoms with Gasteiger partial charge in [0.1, 0.15) is 11.5 Å². The minimum Gasteiger partial charge on any atom is -0.374 e. The van der Waals surface area contributed by atoms with E-state index in [-0.39, 0.29) is 10.8 Å². The second-order valence-corrected chi connectivity index (χ2v) is 5.33. The van der Waals surface area contributed by atoms with E-state index in [1.165, 1.54) is 11.1 Å². The summed E-state index contributed by atoms with van der Waals surface area (Å²) in [6, 6.07) is 20.1. The van der Waals surface area contributed by atoms with Gasteiger partial charge in [0.25, 0.3) is 0 Å². The molecule has 23 heavy (non-hydrogen) atoms. The third-order valence-electron chi connectivity index (χ3n) is 3.43. The van der Waals surface area contributed by atoms with Gasteiger partial charge < -0.3 is 5.73 Å². The van der Waals surface area contributed by atoms with Gasteiger partial charge in [-0.05, 0) is 35.1 Å². The molecule has 0 atom stereocenters. The van der Waals surface area contributed by atoms with Gasteiger partial charge in [-0.1, -0.05) is 54.6 Å². The Kier molecular flexibility index (Phi) is 4.30. The Labute approximate surface area is 138 Å². The monoisotopic (exact) mass is 323 g/mol. The Morgan fingerprint density at radius 1 is 1.00 bits per heavy atom. The second-order valence-electron chi connectivity index (χ2n) is 4.91. The number of halogens is 1. The number of hydrogen-bond donors (Lipinski definition) is 1. The molecule has 0 unspecified atom stereocenters. The Hall–Kier alpha value is -2.79. The highest BCUT2D eigenvalue weighted by Gasteiger charge is 2.12. The fourth-order valence-corrected chi connectivity index (χ4v) is 2.49. The molecule has 2 N–H and O–H groups in total. The number of benzene rings is 3. The molecule has 3 rings (SSSR count). The zero-order valence-corrected chi connectivity index (χ0v) is 13.0. The maximum Gasteiger partial charge on any atom is 0.191 e. The number of nitrogens with zero attached hydrogens (tertiary/aromatic N) is 2. The van der Waals surface area contributed by atoms with E-state index < -0.39 is 5.82 Å². The number of hydrazone groups is 1. The molecule has 0 radical (unpaired) electrons. The summed E-state index contributed by atoms with van der Waals surface area (Å²) < 4.78 is 13.9. The van der Waals surface area contributed by atoms with Gasteiger partial charge in [-0.3, -0.25) is 0 Å². The van der Waals surface area contributed by atoms with E-state index in [1.54, 1.807) is 24.4 Å². The quantitative estimate of drug-likeness (QED) is 0.449. The first-order valence-electron chi connectivity index (χ1n) is 7.02. The summed E-state index contributed by atoms with van der Waals surface area (Å²) in [5.74, 6) is -0.435. The first-order chi connectivity index (χ1) is 11.2. The van der Waals surface area contributed by atoms with Crippen LogP contribution in [0.4, 0.5) is 10.1 Å². The topological polar surface area (TPSA) is 41.6 Å². The molecule has 0 amide bonds. The van der Waals surface area contributed by atoms with Crippen LogP contribution in [0.5, 0.6) is 0 Å². The fraction of sp³-hybridized carbons (Fsp3) is 0. The molecular weight excluding hydrogens is 309 g/mol. The van der Waals surface area contributed by atoms with Crippen LogP contribution in [-0.2, 0) is 0 Å². The number of para-hydroxylation sites is 1. The summed E-state index contributed by atoms with van der Waals surface area (Å²) >= 11 is 4.99. The van der Waals surface area contributed by atoms with Gasteiger partial charge >= 0.3 is 0 Å². The predicted molar refractivity (Wildman–Crippen MR) is 97.2 cm³/mol. The average Bonchev–Trinajstić information content (AvgIpc) is 2.56. The SMILES string of the molecule is NC(=S)N(/N=C\c1cccc2ccccc12)c1ccccc1F. The van der Waals surface area contributed by atoms with Gasteiger partial charge in [0.2, 0.25) is 0 Å². The van der Waals surface area contributed by atoms with Crippen molar-refractivity contribution in [2.75, 3.05) is 5.01 Å². The summed E-state index contributed by atoms with van der Waals surface area (Å²) in [5.41, 5.74) is 6.81. The van der Waals surface area contributed by atoms with Gasteiger partial charge in [0.05, 0.1) is 6.21 Å². The van der Waals surface area contributed by atoms with Gasteiger partial charge in [-0.2, -0.15) is 5.10 Å². The molecule has 0 aliphatic carbocycles. The lowest BCUT2D eigenvalue weighted by molar-refractivity contribution is 0.627.